The average molecular weight is 194 g/mol. The highest BCUT2D eigenvalue weighted by Gasteiger charge is 2.35. The number of nitrogens with zero attached hydrogens (tertiary/aromatic N) is 1. The summed E-state index contributed by atoms with van der Waals surface area (Å²) in [6.07, 6.45) is 3.22. The maximum atomic E-state index is 10.9. The Balaban J connectivity index is 2.96. The summed E-state index contributed by atoms with van der Waals surface area (Å²) in [6.45, 7) is 3.21. The molecule has 0 aliphatic rings. The smallest absolute Gasteiger partial charge is 0.311 e. The van der Waals surface area contributed by atoms with Crippen LogP contribution in [0.25, 0.3) is 0 Å². The molecule has 4 nitrogen and oxygen atoms in total. The number of hydrogen-bond donors (Lipinski definition) is 2. The molecule has 0 aromatic carbocycles. The lowest BCUT2D eigenvalue weighted by Gasteiger charge is -2.26. The highest BCUT2D eigenvalue weighted by Crippen LogP contribution is 2.30. The van der Waals surface area contributed by atoms with Gasteiger partial charge in [-0.25, -0.2) is 0 Å². The van der Waals surface area contributed by atoms with Crippen molar-refractivity contribution in [3.8, 4) is 0 Å². The van der Waals surface area contributed by atoms with Crippen LogP contribution in [0.1, 0.15) is 25.5 Å². The van der Waals surface area contributed by atoms with Gasteiger partial charge in [0, 0.05) is 18.4 Å². The monoisotopic (exact) mass is 194 g/mol. The highest BCUT2D eigenvalue weighted by molar-refractivity contribution is 5.74. The quantitative estimate of drug-likeness (QED) is 0.757. The fourth-order valence-corrected chi connectivity index (χ4v) is 1.11. The van der Waals surface area contributed by atoms with E-state index in [1.165, 1.54) is 0 Å². The van der Waals surface area contributed by atoms with E-state index in [0.29, 0.717) is 0 Å². The molecule has 1 atom stereocenters. The van der Waals surface area contributed by atoms with Crippen LogP contribution in [-0.2, 0) is 4.79 Å². The van der Waals surface area contributed by atoms with E-state index in [0.717, 1.165) is 5.56 Å². The van der Waals surface area contributed by atoms with Crippen molar-refractivity contribution >= 4 is 5.97 Å². The zero-order valence-corrected chi connectivity index (χ0v) is 8.27. The summed E-state index contributed by atoms with van der Waals surface area (Å²) >= 11 is 0. The van der Waals surface area contributed by atoms with Gasteiger partial charge in [-0.15, -0.1) is 0 Å². The molecule has 3 N–H and O–H groups in total. The summed E-state index contributed by atoms with van der Waals surface area (Å²) in [4.78, 5) is 14.8. The van der Waals surface area contributed by atoms with Gasteiger partial charge in [0.25, 0.3) is 0 Å². The molecule has 76 valence electrons. The van der Waals surface area contributed by atoms with Gasteiger partial charge in [-0.2, -0.15) is 0 Å². The minimum absolute atomic E-state index is 0.548. The number of pyridine rings is 1. The van der Waals surface area contributed by atoms with Crippen LogP contribution in [0.5, 0.6) is 0 Å². The number of nitrogens with two attached hydrogens (primary N) is 1. The van der Waals surface area contributed by atoms with Crippen LogP contribution in [0.3, 0.4) is 0 Å². The van der Waals surface area contributed by atoms with Gasteiger partial charge in [-0.3, -0.25) is 9.78 Å². The zero-order chi connectivity index (χ0) is 10.8. The molecule has 4 heteroatoms. The predicted octanol–water partition coefficient (Wildman–Crippen LogP) is 1.19. The van der Waals surface area contributed by atoms with E-state index in [2.05, 4.69) is 4.98 Å². The van der Waals surface area contributed by atoms with Crippen LogP contribution in [0.4, 0.5) is 0 Å². The van der Waals surface area contributed by atoms with Gasteiger partial charge in [0.1, 0.15) is 0 Å². The summed E-state index contributed by atoms with van der Waals surface area (Å²) < 4.78 is 0. The Morgan fingerprint density at radius 2 is 2.29 bits per heavy atom. The van der Waals surface area contributed by atoms with Gasteiger partial charge in [-0.05, 0) is 25.5 Å². The topological polar surface area (TPSA) is 76.2 Å². The lowest BCUT2D eigenvalue weighted by molar-refractivity contribution is -0.148. The summed E-state index contributed by atoms with van der Waals surface area (Å²) in [5, 5.41) is 8.97. The van der Waals surface area contributed by atoms with Crippen molar-refractivity contribution in [3.63, 3.8) is 0 Å². The van der Waals surface area contributed by atoms with Crippen molar-refractivity contribution in [1.82, 2.24) is 4.98 Å². The summed E-state index contributed by atoms with van der Waals surface area (Å²) in [7, 11) is 0. The first-order valence-electron chi connectivity index (χ1n) is 4.35. The minimum atomic E-state index is -0.983. The average Bonchev–Trinajstić information content (AvgIpc) is 2.17. The van der Waals surface area contributed by atoms with Gasteiger partial charge in [0.15, 0.2) is 0 Å². The molecule has 0 saturated carbocycles. The number of carbonyl (C=O) groups is 1. The first-order chi connectivity index (χ1) is 6.46. The molecule has 0 spiro atoms. The molecule has 1 aromatic heterocycles. The predicted molar refractivity (Wildman–Crippen MR) is 52.6 cm³/mol. The van der Waals surface area contributed by atoms with E-state index in [1.54, 1.807) is 38.4 Å². The molecule has 0 bridgehead atoms. The number of aliphatic carboxylic acids is 1. The lowest BCUT2D eigenvalue weighted by atomic mass is 9.82. The zero-order valence-electron chi connectivity index (χ0n) is 8.27. The van der Waals surface area contributed by atoms with Crippen molar-refractivity contribution < 1.29 is 9.90 Å². The fraction of sp³-hybridized carbons (Fsp3) is 0.400. The largest absolute Gasteiger partial charge is 0.481 e. The van der Waals surface area contributed by atoms with Gasteiger partial charge in [-0.1, -0.05) is 6.07 Å². The van der Waals surface area contributed by atoms with Crippen LogP contribution >= 0.6 is 0 Å². The Hall–Kier alpha value is -1.42. The van der Waals surface area contributed by atoms with E-state index in [4.69, 9.17) is 10.8 Å². The van der Waals surface area contributed by atoms with Crippen LogP contribution in [-0.4, -0.2) is 16.1 Å². The van der Waals surface area contributed by atoms with Crippen molar-refractivity contribution in [2.75, 3.05) is 0 Å². The second-order valence-electron chi connectivity index (χ2n) is 3.79. The second-order valence-corrected chi connectivity index (χ2v) is 3.79. The van der Waals surface area contributed by atoms with Gasteiger partial charge < -0.3 is 10.8 Å². The molecule has 0 fully saturated rings. The number of rotatable bonds is 3. The SMILES string of the molecule is CC(C)(C(=O)O)[C@@H](N)c1cccnc1. The summed E-state index contributed by atoms with van der Waals surface area (Å²) in [6, 6.07) is 2.98. The number of aromatic nitrogens is 1. The number of hydrogen-bond acceptors (Lipinski definition) is 3. The molecule has 0 radical (unpaired) electrons. The Bertz CT molecular complexity index is 322. The van der Waals surface area contributed by atoms with Crippen molar-refractivity contribution in [2.45, 2.75) is 19.9 Å². The number of carboxylic acid groups (broad SMARTS) is 1. The minimum Gasteiger partial charge on any atom is -0.481 e. The van der Waals surface area contributed by atoms with Crippen LogP contribution in [0.2, 0.25) is 0 Å². The maximum absolute atomic E-state index is 10.9. The molecule has 0 aliphatic heterocycles. The molecule has 0 aliphatic carbocycles. The summed E-state index contributed by atoms with van der Waals surface area (Å²) in [5.74, 6) is -0.908. The van der Waals surface area contributed by atoms with E-state index in [1.807, 2.05) is 0 Å². The van der Waals surface area contributed by atoms with Crippen molar-refractivity contribution in [3.05, 3.63) is 30.1 Å². The van der Waals surface area contributed by atoms with E-state index < -0.39 is 17.4 Å². The third-order valence-electron chi connectivity index (χ3n) is 2.37. The summed E-state index contributed by atoms with van der Waals surface area (Å²) in [5.41, 5.74) is 5.61. The first kappa shape index (κ1) is 10.7. The Morgan fingerprint density at radius 1 is 1.64 bits per heavy atom. The van der Waals surface area contributed by atoms with Gasteiger partial charge in [0.05, 0.1) is 5.41 Å². The number of carboxylic acids is 1. The van der Waals surface area contributed by atoms with Crippen LogP contribution in [0.15, 0.2) is 24.5 Å². The second kappa shape index (κ2) is 3.75. The molecule has 0 amide bonds. The molecule has 1 heterocycles. The molecule has 1 rings (SSSR count). The normalized spacial score (nSPS) is 13.6. The van der Waals surface area contributed by atoms with Crippen LogP contribution < -0.4 is 5.73 Å². The Morgan fingerprint density at radius 3 is 2.71 bits per heavy atom. The molecule has 0 unspecified atom stereocenters. The fourth-order valence-electron chi connectivity index (χ4n) is 1.11. The molecule has 1 aromatic rings. The van der Waals surface area contributed by atoms with Crippen molar-refractivity contribution in [2.24, 2.45) is 11.1 Å². The van der Waals surface area contributed by atoms with Crippen LogP contribution in [0, 0.1) is 5.41 Å². The Labute approximate surface area is 82.8 Å². The molecular formula is C10H14N2O2. The standard InChI is InChI=1S/C10H14N2O2/c1-10(2,9(13)14)8(11)7-4-3-5-12-6-7/h3-6,8H,11H2,1-2H3,(H,13,14)/t8-/m0/s1. The van der Waals surface area contributed by atoms with Gasteiger partial charge in [0.2, 0.25) is 0 Å². The van der Waals surface area contributed by atoms with E-state index >= 15 is 0 Å². The van der Waals surface area contributed by atoms with Crippen molar-refractivity contribution in [1.29, 1.82) is 0 Å². The third kappa shape index (κ3) is 1.90. The molecule has 0 saturated heterocycles. The molecule has 14 heavy (non-hydrogen) atoms. The highest BCUT2D eigenvalue weighted by atomic mass is 16.4. The van der Waals surface area contributed by atoms with Gasteiger partial charge >= 0.3 is 5.97 Å². The maximum Gasteiger partial charge on any atom is 0.311 e. The first-order valence-corrected chi connectivity index (χ1v) is 4.35. The van der Waals surface area contributed by atoms with E-state index in [-0.39, 0.29) is 0 Å². The van der Waals surface area contributed by atoms with E-state index in [9.17, 15) is 4.79 Å². The lowest BCUT2D eigenvalue weighted by Crippen LogP contribution is -2.36. The molecular weight excluding hydrogens is 180 g/mol. The third-order valence-corrected chi connectivity index (χ3v) is 2.37. The Kier molecular flexibility index (Phi) is 2.86.